The average molecular weight is 486 g/mol. The van der Waals surface area contributed by atoms with Crippen LogP contribution < -0.4 is 10.6 Å². The standard InChI is InChI=1S/C23H27N7O.2H2S/c1-14-19(16-3-4-17-18(11-16)27-13-26-17)21-25-7-10-30(21)22(28-14)29-8-5-23(6-9-29)12-31-15(2)20(23)24;;/h3-4,7,10-11,13,15,20H,5-6,8-9,12,24H2,1-2H3,(H,26,27);2*1H2/t15-,20+;;/m0../s1. The second-order valence-electron chi connectivity index (χ2n) is 9.02. The minimum atomic E-state index is 0. The molecule has 0 aliphatic carbocycles. The van der Waals surface area contributed by atoms with Gasteiger partial charge in [0.2, 0.25) is 5.95 Å². The highest BCUT2D eigenvalue weighted by Crippen LogP contribution is 2.42. The highest BCUT2D eigenvalue weighted by atomic mass is 32.1. The molecule has 0 bridgehead atoms. The number of ether oxygens (including phenoxy) is 1. The molecule has 3 N–H and O–H groups in total. The first kappa shape index (κ1) is 23.9. The summed E-state index contributed by atoms with van der Waals surface area (Å²) < 4.78 is 8.00. The van der Waals surface area contributed by atoms with Crippen LogP contribution in [0.15, 0.2) is 36.9 Å². The Morgan fingerprint density at radius 3 is 2.70 bits per heavy atom. The SMILES string of the molecule is Cc1nc(N2CCC3(CC2)CO[C@@H](C)[C@H]3N)n2ccnc2c1-c1ccc2nc[nH]c2c1.S.S. The molecular weight excluding hydrogens is 454 g/mol. The van der Waals surface area contributed by atoms with Crippen molar-refractivity contribution >= 4 is 49.6 Å². The van der Waals surface area contributed by atoms with Gasteiger partial charge >= 0.3 is 0 Å². The molecule has 4 aromatic rings. The van der Waals surface area contributed by atoms with Gasteiger partial charge < -0.3 is 20.4 Å². The van der Waals surface area contributed by atoms with Crippen molar-refractivity contribution in [3.63, 3.8) is 0 Å². The number of anilines is 1. The van der Waals surface area contributed by atoms with Gasteiger partial charge in [0.25, 0.3) is 0 Å². The zero-order chi connectivity index (χ0) is 21.2. The quantitative estimate of drug-likeness (QED) is 0.453. The number of piperidine rings is 1. The summed E-state index contributed by atoms with van der Waals surface area (Å²) in [6.45, 7) is 6.76. The molecule has 2 fully saturated rings. The van der Waals surface area contributed by atoms with Crippen molar-refractivity contribution in [2.24, 2.45) is 11.1 Å². The number of nitrogens with two attached hydrogens (primary N) is 1. The first-order chi connectivity index (χ1) is 15.1. The third-order valence-corrected chi connectivity index (χ3v) is 7.31. The predicted octanol–water partition coefficient (Wildman–Crippen LogP) is 3.14. The number of H-pyrrole nitrogens is 1. The summed E-state index contributed by atoms with van der Waals surface area (Å²) in [4.78, 5) is 19.6. The molecular formula is C23H31N7OS2. The molecule has 5 heterocycles. The van der Waals surface area contributed by atoms with Crippen LogP contribution in [0, 0.1) is 12.3 Å². The van der Waals surface area contributed by atoms with Crippen molar-refractivity contribution in [3.8, 4) is 11.1 Å². The first-order valence-electron chi connectivity index (χ1n) is 11.0. The van der Waals surface area contributed by atoms with E-state index in [9.17, 15) is 0 Å². The van der Waals surface area contributed by atoms with E-state index < -0.39 is 0 Å². The van der Waals surface area contributed by atoms with Crippen LogP contribution in [-0.2, 0) is 4.74 Å². The molecule has 0 radical (unpaired) electrons. The van der Waals surface area contributed by atoms with Gasteiger partial charge in [0, 0.05) is 42.5 Å². The predicted molar refractivity (Wildman–Crippen MR) is 141 cm³/mol. The van der Waals surface area contributed by atoms with Gasteiger partial charge in [-0.2, -0.15) is 27.0 Å². The van der Waals surface area contributed by atoms with E-state index in [0.717, 1.165) is 72.0 Å². The molecule has 1 aromatic carbocycles. The first-order valence-corrected chi connectivity index (χ1v) is 11.0. The summed E-state index contributed by atoms with van der Waals surface area (Å²) in [7, 11) is 0. The molecule has 2 aliphatic heterocycles. The van der Waals surface area contributed by atoms with Crippen LogP contribution in [0.5, 0.6) is 0 Å². The molecule has 2 atom stereocenters. The zero-order valence-corrected chi connectivity index (χ0v) is 20.9. The molecule has 33 heavy (non-hydrogen) atoms. The lowest BCUT2D eigenvalue weighted by molar-refractivity contribution is 0.0973. The van der Waals surface area contributed by atoms with E-state index in [1.54, 1.807) is 6.33 Å². The van der Waals surface area contributed by atoms with Crippen LogP contribution in [0.1, 0.15) is 25.5 Å². The van der Waals surface area contributed by atoms with Crippen molar-refractivity contribution in [3.05, 3.63) is 42.6 Å². The Balaban J connectivity index is 0.00000130. The van der Waals surface area contributed by atoms with Gasteiger partial charge in [-0.25, -0.2) is 15.0 Å². The molecule has 2 aliphatic rings. The lowest BCUT2D eigenvalue weighted by Crippen LogP contribution is -2.51. The third-order valence-electron chi connectivity index (χ3n) is 7.31. The van der Waals surface area contributed by atoms with E-state index in [-0.39, 0.29) is 44.6 Å². The number of fused-ring (bicyclic) bond motifs is 2. The number of benzene rings is 1. The van der Waals surface area contributed by atoms with Gasteiger partial charge in [0.15, 0.2) is 0 Å². The Morgan fingerprint density at radius 1 is 1.18 bits per heavy atom. The maximum Gasteiger partial charge on any atom is 0.211 e. The van der Waals surface area contributed by atoms with E-state index in [0.29, 0.717) is 0 Å². The fourth-order valence-corrected chi connectivity index (χ4v) is 5.35. The van der Waals surface area contributed by atoms with Crippen LogP contribution in [0.4, 0.5) is 5.95 Å². The van der Waals surface area contributed by atoms with Gasteiger partial charge in [0.1, 0.15) is 5.65 Å². The Labute approximate surface area is 206 Å². The average Bonchev–Trinajstić information content (AvgIpc) is 3.50. The second-order valence-corrected chi connectivity index (χ2v) is 9.02. The molecule has 0 saturated carbocycles. The number of nitrogens with one attached hydrogen (secondary N) is 1. The van der Waals surface area contributed by atoms with E-state index in [4.69, 9.17) is 20.4 Å². The largest absolute Gasteiger partial charge is 0.376 e. The smallest absolute Gasteiger partial charge is 0.211 e. The maximum atomic E-state index is 6.50. The molecule has 10 heteroatoms. The van der Waals surface area contributed by atoms with E-state index >= 15 is 0 Å². The molecule has 6 rings (SSSR count). The van der Waals surface area contributed by atoms with Gasteiger partial charge in [-0.1, -0.05) is 6.07 Å². The number of imidazole rings is 2. The topological polar surface area (TPSA) is 97.4 Å². The van der Waals surface area contributed by atoms with Crippen molar-refractivity contribution in [1.29, 1.82) is 0 Å². The van der Waals surface area contributed by atoms with Crippen LogP contribution in [-0.4, -0.2) is 56.2 Å². The van der Waals surface area contributed by atoms with Gasteiger partial charge in [-0.05, 0) is 44.4 Å². The number of hydrogen-bond donors (Lipinski definition) is 2. The second kappa shape index (κ2) is 8.83. The zero-order valence-electron chi connectivity index (χ0n) is 18.9. The van der Waals surface area contributed by atoms with Gasteiger partial charge in [0.05, 0.1) is 35.8 Å². The molecule has 1 spiro atoms. The van der Waals surface area contributed by atoms with Crippen LogP contribution in [0.2, 0.25) is 0 Å². The monoisotopic (exact) mass is 485 g/mol. The third kappa shape index (κ3) is 3.69. The number of hydrogen-bond acceptors (Lipinski definition) is 6. The van der Waals surface area contributed by atoms with Crippen LogP contribution >= 0.6 is 27.0 Å². The highest BCUT2D eigenvalue weighted by molar-refractivity contribution is 7.59. The Morgan fingerprint density at radius 2 is 1.97 bits per heavy atom. The molecule has 0 unspecified atom stereocenters. The van der Waals surface area contributed by atoms with Gasteiger partial charge in [-0.3, -0.25) is 4.40 Å². The van der Waals surface area contributed by atoms with Crippen molar-refractivity contribution in [1.82, 2.24) is 24.3 Å². The minimum Gasteiger partial charge on any atom is -0.376 e. The maximum absolute atomic E-state index is 6.50. The normalized spacial score (nSPS) is 22.0. The van der Waals surface area contributed by atoms with E-state index in [1.807, 2.05) is 18.5 Å². The summed E-state index contributed by atoms with van der Waals surface area (Å²) in [6.07, 6.45) is 7.76. The number of rotatable bonds is 2. The Kier molecular flexibility index (Phi) is 6.38. The lowest BCUT2D eigenvalue weighted by atomic mass is 9.73. The number of aromatic nitrogens is 5. The van der Waals surface area contributed by atoms with E-state index in [2.05, 4.69) is 45.2 Å². The number of aromatic amines is 1. The van der Waals surface area contributed by atoms with E-state index in [1.165, 1.54) is 0 Å². The lowest BCUT2D eigenvalue weighted by Gasteiger charge is -2.41. The number of nitrogens with zero attached hydrogens (tertiary/aromatic N) is 5. The summed E-state index contributed by atoms with van der Waals surface area (Å²) in [5.41, 5.74) is 12.6. The Hall–Kier alpha value is -2.27. The molecule has 3 aromatic heterocycles. The number of aryl methyl sites for hydroxylation is 1. The van der Waals surface area contributed by atoms with Crippen LogP contribution in [0.3, 0.4) is 0 Å². The van der Waals surface area contributed by atoms with Crippen molar-refractivity contribution < 1.29 is 4.74 Å². The summed E-state index contributed by atoms with van der Waals surface area (Å²) >= 11 is 0. The minimum absolute atomic E-state index is 0. The van der Waals surface area contributed by atoms with Crippen LogP contribution in [0.25, 0.3) is 27.8 Å². The molecule has 0 amide bonds. The fraction of sp³-hybridized carbons (Fsp3) is 0.435. The highest BCUT2D eigenvalue weighted by Gasteiger charge is 2.47. The molecule has 2 saturated heterocycles. The van der Waals surface area contributed by atoms with Gasteiger partial charge in [-0.15, -0.1) is 0 Å². The van der Waals surface area contributed by atoms with Crippen molar-refractivity contribution in [2.75, 3.05) is 24.6 Å². The molecule has 8 nitrogen and oxygen atoms in total. The molecule has 176 valence electrons. The summed E-state index contributed by atoms with van der Waals surface area (Å²) in [5, 5.41) is 0. The Bertz CT molecular complexity index is 1280. The summed E-state index contributed by atoms with van der Waals surface area (Å²) in [6, 6.07) is 6.35. The van der Waals surface area contributed by atoms with Crippen molar-refractivity contribution in [2.45, 2.75) is 38.8 Å². The summed E-state index contributed by atoms with van der Waals surface area (Å²) in [5.74, 6) is 0.951. The fourth-order valence-electron chi connectivity index (χ4n) is 5.35.